The third kappa shape index (κ3) is 6.37. The summed E-state index contributed by atoms with van der Waals surface area (Å²) in [6, 6.07) is 24.7. The molecule has 0 saturated carbocycles. The number of halogens is 3. The van der Waals surface area contributed by atoms with Crippen molar-refractivity contribution in [2.45, 2.75) is 11.8 Å². The molecule has 0 bridgehead atoms. The Morgan fingerprint density at radius 1 is 0.850 bits per heavy atom. The summed E-state index contributed by atoms with van der Waals surface area (Å²) >= 11 is 19.6. The highest BCUT2D eigenvalue weighted by Gasteiger charge is 2.35. The molecule has 1 fully saturated rings. The Bertz CT molecular complexity index is 1750. The molecule has 202 valence electrons. The first kappa shape index (κ1) is 28.3. The molecule has 0 spiro atoms. The topological polar surface area (TPSA) is 76.0 Å². The largest absolute Gasteiger partial charge is 0.377 e. The van der Waals surface area contributed by atoms with Gasteiger partial charge in [0.05, 0.1) is 21.3 Å². The fourth-order valence-electron chi connectivity index (χ4n) is 3.69. The maximum atomic E-state index is 13.5. The van der Waals surface area contributed by atoms with Gasteiger partial charge in [-0.2, -0.15) is 8.42 Å². The van der Waals surface area contributed by atoms with Crippen LogP contribution in [-0.4, -0.2) is 19.5 Å². The highest BCUT2D eigenvalue weighted by molar-refractivity contribution is 8.19. The smallest absolute Gasteiger partial charge is 0.339 e. The number of benzene rings is 4. The van der Waals surface area contributed by atoms with Crippen LogP contribution >= 0.6 is 46.6 Å². The molecule has 5 rings (SSSR count). The lowest BCUT2D eigenvalue weighted by molar-refractivity contribution is -0.113. The second kappa shape index (κ2) is 11.7. The van der Waals surface area contributed by atoms with Crippen LogP contribution < -0.4 is 9.08 Å². The summed E-state index contributed by atoms with van der Waals surface area (Å²) in [5.41, 5.74) is 2.72. The van der Waals surface area contributed by atoms with Gasteiger partial charge in [-0.1, -0.05) is 58.6 Å². The van der Waals surface area contributed by atoms with E-state index in [9.17, 15) is 13.2 Å². The number of hydrogen-bond donors (Lipinski definition) is 0. The molecule has 4 aromatic rings. The number of anilines is 1. The number of hydrogen-bond acceptors (Lipinski definition) is 6. The Morgan fingerprint density at radius 3 is 2.10 bits per heavy atom. The zero-order valence-electron chi connectivity index (χ0n) is 20.7. The van der Waals surface area contributed by atoms with Crippen LogP contribution in [0, 0.1) is 6.92 Å². The lowest BCUT2D eigenvalue weighted by Gasteiger charge is -2.15. The zero-order chi connectivity index (χ0) is 28.4. The summed E-state index contributed by atoms with van der Waals surface area (Å²) in [6.45, 7) is 1.86. The molecule has 11 heteroatoms. The lowest BCUT2D eigenvalue weighted by Crippen LogP contribution is -2.28. The fourth-order valence-corrected chi connectivity index (χ4v) is 6.16. The molecule has 0 N–H and O–H groups in total. The van der Waals surface area contributed by atoms with E-state index in [1.807, 2.05) is 6.92 Å². The Labute approximate surface area is 251 Å². The summed E-state index contributed by atoms with van der Waals surface area (Å²) in [6.07, 6.45) is 1.66. The number of aryl methyl sites for hydroxylation is 1. The van der Waals surface area contributed by atoms with Crippen LogP contribution in [0.25, 0.3) is 6.08 Å². The SMILES string of the molecule is Cc1ccc(S(=O)(=O)Oc2ccc(/C=C3\SC(=Nc4ccc(Cl)cc4)N(c4ccc(Cl)cc4)C3=O)cc2Cl)cc1. The van der Waals surface area contributed by atoms with Crippen molar-refractivity contribution in [3.63, 3.8) is 0 Å². The van der Waals surface area contributed by atoms with Gasteiger partial charge >= 0.3 is 10.1 Å². The summed E-state index contributed by atoms with van der Waals surface area (Å²) in [7, 11) is -4.08. The maximum Gasteiger partial charge on any atom is 0.339 e. The van der Waals surface area contributed by atoms with E-state index in [1.165, 1.54) is 40.9 Å². The van der Waals surface area contributed by atoms with Crippen LogP contribution in [0.5, 0.6) is 5.75 Å². The van der Waals surface area contributed by atoms with Gasteiger partial charge in [0, 0.05) is 10.0 Å². The molecule has 1 amide bonds. The van der Waals surface area contributed by atoms with Crippen molar-refractivity contribution in [3.05, 3.63) is 122 Å². The number of carbonyl (C=O) groups is 1. The third-order valence-electron chi connectivity index (χ3n) is 5.71. The molecule has 0 atom stereocenters. The molecule has 1 aliphatic rings. The van der Waals surface area contributed by atoms with Gasteiger partial charge in [-0.15, -0.1) is 0 Å². The van der Waals surface area contributed by atoms with Gasteiger partial charge in [-0.25, -0.2) is 4.99 Å². The Morgan fingerprint density at radius 2 is 1.48 bits per heavy atom. The van der Waals surface area contributed by atoms with E-state index in [1.54, 1.807) is 72.8 Å². The summed E-state index contributed by atoms with van der Waals surface area (Å²) in [4.78, 5) is 20.1. The van der Waals surface area contributed by atoms with Crippen molar-refractivity contribution in [1.82, 2.24) is 0 Å². The van der Waals surface area contributed by atoms with Crippen LogP contribution in [0.15, 0.2) is 106 Å². The molecule has 4 aromatic carbocycles. The normalized spacial score (nSPS) is 15.7. The number of aliphatic imine (C=N–C) groups is 1. The average molecular weight is 630 g/mol. The molecular weight excluding hydrogens is 611 g/mol. The minimum atomic E-state index is -4.08. The number of thioether (sulfide) groups is 1. The highest BCUT2D eigenvalue weighted by Crippen LogP contribution is 2.38. The number of amidine groups is 1. The van der Waals surface area contributed by atoms with E-state index in [0.717, 1.165) is 5.56 Å². The Kier molecular flexibility index (Phi) is 8.26. The minimum absolute atomic E-state index is 0.0168. The molecule has 1 aliphatic heterocycles. The molecule has 1 heterocycles. The van der Waals surface area contributed by atoms with Gasteiger partial charge in [0.15, 0.2) is 10.9 Å². The third-order valence-corrected chi connectivity index (χ3v) is 8.72. The standard InChI is InChI=1S/C29H19Cl3N2O4S2/c1-18-2-13-24(14-3-18)40(36,37)38-26-15-4-19(16-25(26)32)17-27-28(35)34(23-11-7-21(31)8-12-23)29(39-27)33-22-9-5-20(30)6-10-22/h2-17H,1H3/b27-17-,33-29?. The van der Waals surface area contributed by atoms with E-state index < -0.39 is 10.1 Å². The highest BCUT2D eigenvalue weighted by atomic mass is 35.5. The van der Waals surface area contributed by atoms with E-state index in [0.29, 0.717) is 37.1 Å². The van der Waals surface area contributed by atoms with Gasteiger partial charge in [-0.3, -0.25) is 9.69 Å². The molecule has 0 radical (unpaired) electrons. The first-order valence-corrected chi connectivity index (χ1v) is 15.1. The van der Waals surface area contributed by atoms with Crippen molar-refractivity contribution in [1.29, 1.82) is 0 Å². The van der Waals surface area contributed by atoms with Crippen LogP contribution in [-0.2, 0) is 14.9 Å². The van der Waals surface area contributed by atoms with E-state index in [2.05, 4.69) is 4.99 Å². The number of nitrogens with zero attached hydrogens (tertiary/aromatic N) is 2. The lowest BCUT2D eigenvalue weighted by atomic mass is 10.2. The monoisotopic (exact) mass is 628 g/mol. The van der Waals surface area contributed by atoms with Gasteiger partial charge in [0.2, 0.25) is 0 Å². The Hall–Kier alpha value is -3.27. The quantitative estimate of drug-likeness (QED) is 0.158. The van der Waals surface area contributed by atoms with Crippen LogP contribution in [0.1, 0.15) is 11.1 Å². The van der Waals surface area contributed by atoms with Gasteiger partial charge in [0.25, 0.3) is 5.91 Å². The second-order valence-electron chi connectivity index (χ2n) is 8.64. The predicted molar refractivity (Wildman–Crippen MR) is 163 cm³/mol. The van der Waals surface area contributed by atoms with E-state index >= 15 is 0 Å². The number of carbonyl (C=O) groups excluding carboxylic acids is 1. The van der Waals surface area contributed by atoms with Crippen molar-refractivity contribution >= 4 is 85.2 Å². The number of amides is 1. The average Bonchev–Trinajstić information content (AvgIpc) is 3.21. The van der Waals surface area contributed by atoms with Gasteiger partial charge in [0.1, 0.15) is 4.90 Å². The first-order chi connectivity index (χ1) is 19.1. The molecule has 6 nitrogen and oxygen atoms in total. The van der Waals surface area contributed by atoms with E-state index in [4.69, 9.17) is 39.0 Å². The summed E-state index contributed by atoms with van der Waals surface area (Å²) in [5.74, 6) is -0.319. The van der Waals surface area contributed by atoms with Crippen molar-refractivity contribution < 1.29 is 17.4 Å². The maximum absolute atomic E-state index is 13.5. The molecular formula is C29H19Cl3N2O4S2. The molecule has 0 unspecified atom stereocenters. The van der Waals surface area contributed by atoms with Gasteiger partial charge < -0.3 is 4.18 Å². The van der Waals surface area contributed by atoms with Crippen LogP contribution in [0.3, 0.4) is 0 Å². The second-order valence-corrected chi connectivity index (χ2v) is 12.5. The molecule has 40 heavy (non-hydrogen) atoms. The number of rotatable bonds is 6. The molecule has 0 aliphatic carbocycles. The van der Waals surface area contributed by atoms with Crippen LogP contribution in [0.2, 0.25) is 15.1 Å². The van der Waals surface area contributed by atoms with Crippen molar-refractivity contribution in [2.75, 3.05) is 4.90 Å². The predicted octanol–water partition coefficient (Wildman–Crippen LogP) is 8.53. The Balaban J connectivity index is 1.45. The van der Waals surface area contributed by atoms with Crippen LogP contribution in [0.4, 0.5) is 11.4 Å². The zero-order valence-corrected chi connectivity index (χ0v) is 24.6. The fraction of sp³-hybridized carbons (Fsp3) is 0.0345. The summed E-state index contributed by atoms with van der Waals surface area (Å²) in [5, 5.41) is 1.63. The molecule has 1 saturated heterocycles. The van der Waals surface area contributed by atoms with Gasteiger partial charge in [-0.05, 0) is 103 Å². The van der Waals surface area contributed by atoms with Crippen molar-refractivity contribution in [3.8, 4) is 5.75 Å². The summed E-state index contributed by atoms with van der Waals surface area (Å²) < 4.78 is 30.7. The van der Waals surface area contributed by atoms with E-state index in [-0.39, 0.29) is 21.6 Å². The first-order valence-electron chi connectivity index (χ1n) is 11.7. The minimum Gasteiger partial charge on any atom is -0.377 e. The van der Waals surface area contributed by atoms with Crippen molar-refractivity contribution in [2.24, 2.45) is 4.99 Å². The molecule has 0 aromatic heterocycles.